The molecule has 0 saturated heterocycles. The Morgan fingerprint density at radius 2 is 1.84 bits per heavy atom. The van der Waals surface area contributed by atoms with Crippen molar-refractivity contribution < 1.29 is 5.11 Å². The summed E-state index contributed by atoms with van der Waals surface area (Å²) in [6.07, 6.45) is 0. The van der Waals surface area contributed by atoms with Gasteiger partial charge in [0.2, 0.25) is 0 Å². The van der Waals surface area contributed by atoms with Crippen LogP contribution < -0.4 is 5.32 Å². The standard InChI is InChI=1S/C16H15NOS/c1-11-8-9-19-16(11)10-17-14-6-2-5-13-12(14)4-3-7-15(13)18/h2-9,17-18H,10H2,1H3. The van der Waals surface area contributed by atoms with E-state index in [0.717, 1.165) is 23.0 Å². The van der Waals surface area contributed by atoms with Crippen LogP contribution in [0.4, 0.5) is 5.69 Å². The summed E-state index contributed by atoms with van der Waals surface area (Å²) in [5.41, 5.74) is 2.38. The molecular formula is C16H15NOS. The molecule has 0 saturated carbocycles. The highest BCUT2D eigenvalue weighted by Crippen LogP contribution is 2.30. The Bertz CT molecular complexity index is 718. The van der Waals surface area contributed by atoms with E-state index < -0.39 is 0 Å². The number of aromatic hydroxyl groups is 1. The summed E-state index contributed by atoms with van der Waals surface area (Å²) in [5.74, 6) is 0.327. The lowest BCUT2D eigenvalue weighted by molar-refractivity contribution is 0.481. The molecule has 0 aliphatic rings. The smallest absolute Gasteiger partial charge is 0.123 e. The van der Waals surface area contributed by atoms with E-state index in [1.807, 2.05) is 30.3 Å². The Morgan fingerprint density at radius 3 is 2.63 bits per heavy atom. The Morgan fingerprint density at radius 1 is 1.05 bits per heavy atom. The van der Waals surface area contributed by atoms with E-state index in [4.69, 9.17) is 0 Å². The normalized spacial score (nSPS) is 10.8. The largest absolute Gasteiger partial charge is 0.507 e. The van der Waals surface area contributed by atoms with E-state index in [2.05, 4.69) is 23.7 Å². The monoisotopic (exact) mass is 269 g/mol. The number of phenolic OH excluding ortho intramolecular Hbond substituents is 1. The van der Waals surface area contributed by atoms with Crippen molar-refractivity contribution in [3.8, 4) is 5.75 Å². The second kappa shape index (κ2) is 4.94. The molecule has 3 rings (SSSR count). The van der Waals surface area contributed by atoms with E-state index >= 15 is 0 Å². The molecule has 3 aromatic rings. The predicted octanol–water partition coefficient (Wildman–Crippen LogP) is 4.53. The van der Waals surface area contributed by atoms with E-state index in [9.17, 15) is 5.11 Å². The second-order valence-corrected chi connectivity index (χ2v) is 5.56. The fraction of sp³-hybridized carbons (Fsp3) is 0.125. The lowest BCUT2D eigenvalue weighted by atomic mass is 10.1. The summed E-state index contributed by atoms with van der Waals surface area (Å²) in [6.45, 7) is 2.95. The summed E-state index contributed by atoms with van der Waals surface area (Å²) >= 11 is 1.77. The van der Waals surface area contributed by atoms with Gasteiger partial charge in [0.25, 0.3) is 0 Å². The molecule has 2 nitrogen and oxygen atoms in total. The maximum atomic E-state index is 9.87. The van der Waals surface area contributed by atoms with Gasteiger partial charge < -0.3 is 10.4 Å². The quantitative estimate of drug-likeness (QED) is 0.732. The minimum absolute atomic E-state index is 0.327. The number of thiophene rings is 1. The Kier molecular flexibility index (Phi) is 3.13. The maximum Gasteiger partial charge on any atom is 0.123 e. The van der Waals surface area contributed by atoms with Gasteiger partial charge in [0.05, 0.1) is 0 Å². The van der Waals surface area contributed by atoms with Gasteiger partial charge in [-0.1, -0.05) is 24.3 Å². The maximum absolute atomic E-state index is 9.87. The number of fused-ring (bicyclic) bond motifs is 1. The van der Waals surface area contributed by atoms with Crippen molar-refractivity contribution in [3.05, 3.63) is 58.3 Å². The highest BCUT2D eigenvalue weighted by atomic mass is 32.1. The SMILES string of the molecule is Cc1ccsc1CNc1cccc2c(O)cccc12. The first-order valence-electron chi connectivity index (χ1n) is 6.23. The molecule has 2 N–H and O–H groups in total. The molecule has 0 aliphatic heterocycles. The van der Waals surface area contributed by atoms with Gasteiger partial charge in [-0.25, -0.2) is 0 Å². The van der Waals surface area contributed by atoms with Crippen molar-refractivity contribution in [1.29, 1.82) is 0 Å². The summed E-state index contributed by atoms with van der Waals surface area (Å²) in [7, 11) is 0. The number of anilines is 1. The molecule has 3 heteroatoms. The number of rotatable bonds is 3. The second-order valence-electron chi connectivity index (χ2n) is 4.56. The van der Waals surface area contributed by atoms with Crippen LogP contribution in [0.15, 0.2) is 47.8 Å². The van der Waals surface area contributed by atoms with Crippen LogP contribution in [0.2, 0.25) is 0 Å². The van der Waals surface area contributed by atoms with Gasteiger partial charge in [-0.05, 0) is 36.1 Å². The predicted molar refractivity (Wildman–Crippen MR) is 82.0 cm³/mol. The van der Waals surface area contributed by atoms with Gasteiger partial charge in [-0.2, -0.15) is 0 Å². The van der Waals surface area contributed by atoms with Crippen LogP contribution in [0.25, 0.3) is 10.8 Å². The molecule has 0 aliphatic carbocycles. The zero-order chi connectivity index (χ0) is 13.2. The molecule has 96 valence electrons. The van der Waals surface area contributed by atoms with Crippen LogP contribution in [0.3, 0.4) is 0 Å². The van der Waals surface area contributed by atoms with E-state index in [0.29, 0.717) is 5.75 Å². The molecule has 0 spiro atoms. The molecule has 1 heterocycles. The molecule has 0 radical (unpaired) electrons. The minimum Gasteiger partial charge on any atom is -0.507 e. The van der Waals surface area contributed by atoms with E-state index in [1.54, 1.807) is 17.4 Å². The van der Waals surface area contributed by atoms with Crippen LogP contribution in [-0.2, 0) is 6.54 Å². The van der Waals surface area contributed by atoms with E-state index in [-0.39, 0.29) is 0 Å². The van der Waals surface area contributed by atoms with Crippen molar-refractivity contribution in [2.75, 3.05) is 5.32 Å². The molecule has 2 aromatic carbocycles. The average Bonchev–Trinajstić information content (AvgIpc) is 2.82. The zero-order valence-corrected chi connectivity index (χ0v) is 11.5. The van der Waals surface area contributed by atoms with Crippen LogP contribution in [0.5, 0.6) is 5.75 Å². The van der Waals surface area contributed by atoms with Gasteiger partial charge in [0.1, 0.15) is 5.75 Å². The number of aryl methyl sites for hydroxylation is 1. The highest BCUT2D eigenvalue weighted by Gasteiger charge is 2.05. The van der Waals surface area contributed by atoms with Crippen molar-refractivity contribution >= 4 is 27.8 Å². The summed E-state index contributed by atoms with van der Waals surface area (Å²) in [4.78, 5) is 1.34. The summed E-state index contributed by atoms with van der Waals surface area (Å²) in [6, 6.07) is 13.7. The Hall–Kier alpha value is -2.00. The van der Waals surface area contributed by atoms with Gasteiger partial charge >= 0.3 is 0 Å². The Balaban J connectivity index is 1.93. The lowest BCUT2D eigenvalue weighted by Gasteiger charge is -2.10. The minimum atomic E-state index is 0.327. The molecule has 0 atom stereocenters. The van der Waals surface area contributed by atoms with Crippen molar-refractivity contribution in [2.45, 2.75) is 13.5 Å². The van der Waals surface area contributed by atoms with Gasteiger partial charge in [-0.3, -0.25) is 0 Å². The summed E-state index contributed by atoms with van der Waals surface area (Å²) < 4.78 is 0. The third-order valence-corrected chi connectivity index (χ3v) is 4.33. The van der Waals surface area contributed by atoms with Gasteiger partial charge in [0, 0.05) is 27.9 Å². The third kappa shape index (κ3) is 2.29. The lowest BCUT2D eigenvalue weighted by Crippen LogP contribution is -1.99. The molecule has 1 aromatic heterocycles. The number of nitrogens with one attached hydrogen (secondary N) is 1. The topological polar surface area (TPSA) is 32.3 Å². The third-order valence-electron chi connectivity index (χ3n) is 3.31. The van der Waals surface area contributed by atoms with Crippen molar-refractivity contribution in [1.82, 2.24) is 0 Å². The molecule has 0 fully saturated rings. The number of hydrogen-bond donors (Lipinski definition) is 2. The number of hydrogen-bond acceptors (Lipinski definition) is 3. The molecule has 0 bridgehead atoms. The fourth-order valence-corrected chi connectivity index (χ4v) is 3.05. The molecule has 19 heavy (non-hydrogen) atoms. The average molecular weight is 269 g/mol. The summed E-state index contributed by atoms with van der Waals surface area (Å²) in [5, 5.41) is 17.4. The van der Waals surface area contributed by atoms with Gasteiger partial charge in [-0.15, -0.1) is 11.3 Å². The van der Waals surface area contributed by atoms with Crippen LogP contribution in [0.1, 0.15) is 10.4 Å². The van der Waals surface area contributed by atoms with Gasteiger partial charge in [0.15, 0.2) is 0 Å². The molecular weight excluding hydrogens is 254 g/mol. The fourth-order valence-electron chi connectivity index (χ4n) is 2.21. The van der Waals surface area contributed by atoms with Crippen LogP contribution in [-0.4, -0.2) is 5.11 Å². The van der Waals surface area contributed by atoms with E-state index in [1.165, 1.54) is 10.4 Å². The highest BCUT2D eigenvalue weighted by molar-refractivity contribution is 7.10. The first kappa shape index (κ1) is 12.1. The van der Waals surface area contributed by atoms with Crippen molar-refractivity contribution in [3.63, 3.8) is 0 Å². The first-order valence-corrected chi connectivity index (χ1v) is 7.11. The molecule has 0 unspecified atom stereocenters. The van der Waals surface area contributed by atoms with Crippen molar-refractivity contribution in [2.24, 2.45) is 0 Å². The number of phenols is 1. The molecule has 0 amide bonds. The first-order chi connectivity index (χ1) is 9.25. The Labute approximate surface area is 116 Å². The zero-order valence-electron chi connectivity index (χ0n) is 10.7. The van der Waals surface area contributed by atoms with Crippen LogP contribution >= 0.6 is 11.3 Å². The van der Waals surface area contributed by atoms with Crippen LogP contribution in [0, 0.1) is 6.92 Å². The number of benzene rings is 2.